The Morgan fingerprint density at radius 1 is 1.08 bits per heavy atom. The highest BCUT2D eigenvalue weighted by molar-refractivity contribution is 5.97. The number of hydrogen-bond acceptors (Lipinski definition) is 2. The predicted octanol–water partition coefficient (Wildman–Crippen LogP) is 4.39. The van der Waals surface area contributed by atoms with Crippen molar-refractivity contribution in [3.8, 4) is 0 Å². The number of carbonyl (C=O) groups excluding carboxylic acids is 1. The van der Waals surface area contributed by atoms with E-state index in [1.54, 1.807) is 0 Å². The monoisotopic (exact) mass is 347 g/mol. The highest BCUT2D eigenvalue weighted by Crippen LogP contribution is 2.23. The summed E-state index contributed by atoms with van der Waals surface area (Å²) in [6.07, 6.45) is 8.26. The minimum absolute atomic E-state index is 0.00934. The van der Waals surface area contributed by atoms with Crippen molar-refractivity contribution in [3.63, 3.8) is 0 Å². The summed E-state index contributed by atoms with van der Waals surface area (Å²) in [5.41, 5.74) is 3.85. The smallest absolute Gasteiger partial charge is 0.251 e. The van der Waals surface area contributed by atoms with Gasteiger partial charge in [-0.2, -0.15) is 0 Å². The molecule has 1 saturated carbocycles. The molecule has 0 radical (unpaired) electrons. The summed E-state index contributed by atoms with van der Waals surface area (Å²) in [4.78, 5) is 17.0. The number of benzene rings is 2. The maximum atomic E-state index is 12.5. The Morgan fingerprint density at radius 2 is 1.88 bits per heavy atom. The van der Waals surface area contributed by atoms with Crippen molar-refractivity contribution < 1.29 is 4.79 Å². The third kappa shape index (κ3) is 3.79. The zero-order valence-electron chi connectivity index (χ0n) is 15.0. The van der Waals surface area contributed by atoms with E-state index in [4.69, 9.17) is 0 Å². The number of imidazole rings is 1. The highest BCUT2D eigenvalue weighted by atomic mass is 16.1. The second-order valence-corrected chi connectivity index (χ2v) is 7.28. The number of fused-ring (bicyclic) bond motifs is 1. The lowest BCUT2D eigenvalue weighted by atomic mass is 9.89. The van der Waals surface area contributed by atoms with Gasteiger partial charge in [0.2, 0.25) is 0 Å². The molecule has 26 heavy (non-hydrogen) atoms. The van der Waals surface area contributed by atoms with Gasteiger partial charge in [0.25, 0.3) is 5.91 Å². The first-order chi connectivity index (χ1) is 12.8. The summed E-state index contributed by atoms with van der Waals surface area (Å²) in [5, 5.41) is 3.11. The average molecular weight is 347 g/mol. The van der Waals surface area contributed by atoms with Crippen molar-refractivity contribution in [3.05, 3.63) is 66.0 Å². The van der Waals surface area contributed by atoms with Gasteiger partial charge in [-0.15, -0.1) is 0 Å². The molecule has 1 fully saturated rings. The minimum atomic E-state index is 0.00934. The van der Waals surface area contributed by atoms with Crippen LogP contribution in [0.3, 0.4) is 0 Å². The molecule has 1 aliphatic rings. The predicted molar refractivity (Wildman–Crippen MR) is 104 cm³/mol. The Balaban J connectivity index is 1.45. The van der Waals surface area contributed by atoms with Gasteiger partial charge in [-0.1, -0.05) is 49.6 Å². The van der Waals surface area contributed by atoms with Crippen molar-refractivity contribution in [2.75, 3.05) is 6.54 Å². The molecule has 4 rings (SSSR count). The quantitative estimate of drug-likeness (QED) is 0.744. The van der Waals surface area contributed by atoms with Gasteiger partial charge < -0.3 is 9.88 Å². The summed E-state index contributed by atoms with van der Waals surface area (Å²) < 4.78 is 2.12. The van der Waals surface area contributed by atoms with E-state index >= 15 is 0 Å². The van der Waals surface area contributed by atoms with Gasteiger partial charge in [-0.05, 0) is 42.5 Å². The summed E-state index contributed by atoms with van der Waals surface area (Å²) in [6, 6.07) is 16.1. The molecule has 1 aliphatic carbocycles. The second-order valence-electron chi connectivity index (χ2n) is 7.28. The molecule has 1 aromatic heterocycles. The van der Waals surface area contributed by atoms with E-state index in [0.29, 0.717) is 11.5 Å². The van der Waals surface area contributed by atoms with Gasteiger partial charge >= 0.3 is 0 Å². The van der Waals surface area contributed by atoms with Crippen molar-refractivity contribution in [2.24, 2.45) is 5.92 Å². The van der Waals surface area contributed by atoms with Gasteiger partial charge in [0, 0.05) is 18.7 Å². The zero-order chi connectivity index (χ0) is 17.8. The minimum Gasteiger partial charge on any atom is -0.352 e. The van der Waals surface area contributed by atoms with Crippen LogP contribution in [-0.2, 0) is 6.54 Å². The Labute approximate surface area is 154 Å². The van der Waals surface area contributed by atoms with Crippen LogP contribution in [0, 0.1) is 5.92 Å². The molecule has 1 amide bonds. The van der Waals surface area contributed by atoms with Crippen LogP contribution in [0.25, 0.3) is 11.0 Å². The number of nitrogens with zero attached hydrogens (tertiary/aromatic N) is 2. The molecular formula is C22H25N3O. The largest absolute Gasteiger partial charge is 0.352 e. The van der Waals surface area contributed by atoms with Crippen LogP contribution in [-0.4, -0.2) is 22.0 Å². The Hall–Kier alpha value is -2.62. The van der Waals surface area contributed by atoms with Gasteiger partial charge in [-0.3, -0.25) is 4.79 Å². The van der Waals surface area contributed by atoms with Crippen molar-refractivity contribution in [1.82, 2.24) is 14.9 Å². The van der Waals surface area contributed by atoms with Crippen molar-refractivity contribution in [1.29, 1.82) is 0 Å². The Kier molecular flexibility index (Phi) is 5.00. The van der Waals surface area contributed by atoms with E-state index in [1.165, 1.54) is 37.7 Å². The molecular weight excluding hydrogens is 322 g/mol. The van der Waals surface area contributed by atoms with E-state index in [-0.39, 0.29) is 5.91 Å². The summed E-state index contributed by atoms with van der Waals surface area (Å²) in [5.74, 6) is 0.650. The van der Waals surface area contributed by atoms with E-state index < -0.39 is 0 Å². The average Bonchev–Trinajstić information content (AvgIpc) is 3.10. The number of hydrogen-bond donors (Lipinski definition) is 1. The van der Waals surface area contributed by atoms with Crippen LogP contribution >= 0.6 is 0 Å². The first kappa shape index (κ1) is 16.8. The summed E-state index contributed by atoms with van der Waals surface area (Å²) in [7, 11) is 0. The molecule has 0 spiro atoms. The maximum absolute atomic E-state index is 12.5. The lowest BCUT2D eigenvalue weighted by Gasteiger charge is -2.21. The molecule has 134 valence electrons. The number of nitrogens with one attached hydrogen (secondary N) is 1. The summed E-state index contributed by atoms with van der Waals surface area (Å²) in [6.45, 7) is 1.57. The Morgan fingerprint density at radius 3 is 2.69 bits per heavy atom. The molecule has 1 N–H and O–H groups in total. The molecule has 4 heteroatoms. The van der Waals surface area contributed by atoms with E-state index in [0.717, 1.165) is 24.1 Å². The standard InChI is InChI=1S/C22H25N3O/c26-22(23-14-17-7-3-1-4-8-17)19-11-12-21-20(13-19)24-16-25(21)15-18-9-5-2-6-10-18/h2,5-6,9-13,16-17H,1,3-4,7-8,14-15H2,(H,23,26). The van der Waals surface area contributed by atoms with Crippen LogP contribution in [0.5, 0.6) is 0 Å². The van der Waals surface area contributed by atoms with Crippen LogP contribution in [0.15, 0.2) is 54.9 Å². The highest BCUT2D eigenvalue weighted by Gasteiger charge is 2.15. The normalized spacial score (nSPS) is 15.2. The van der Waals surface area contributed by atoms with E-state index in [2.05, 4.69) is 27.0 Å². The van der Waals surface area contributed by atoms with E-state index in [9.17, 15) is 4.79 Å². The van der Waals surface area contributed by atoms with Crippen molar-refractivity contribution in [2.45, 2.75) is 38.6 Å². The second kappa shape index (κ2) is 7.73. The fourth-order valence-corrected chi connectivity index (χ4v) is 3.84. The molecule has 3 aromatic rings. The van der Waals surface area contributed by atoms with Gasteiger partial charge in [0.15, 0.2) is 0 Å². The third-order valence-electron chi connectivity index (χ3n) is 5.36. The Bertz CT molecular complexity index is 879. The van der Waals surface area contributed by atoms with Gasteiger partial charge in [0.05, 0.1) is 17.4 Å². The molecule has 0 aliphatic heterocycles. The first-order valence-electron chi connectivity index (χ1n) is 9.56. The fraction of sp³-hybridized carbons (Fsp3) is 0.364. The summed E-state index contributed by atoms with van der Waals surface area (Å²) >= 11 is 0. The number of carbonyl (C=O) groups is 1. The third-order valence-corrected chi connectivity index (χ3v) is 5.36. The lowest BCUT2D eigenvalue weighted by Crippen LogP contribution is -2.30. The molecule has 0 atom stereocenters. The van der Waals surface area contributed by atoms with Gasteiger partial charge in [0.1, 0.15) is 0 Å². The number of aromatic nitrogens is 2. The maximum Gasteiger partial charge on any atom is 0.251 e. The zero-order valence-corrected chi connectivity index (χ0v) is 15.0. The molecule has 0 bridgehead atoms. The van der Waals surface area contributed by atoms with Gasteiger partial charge in [-0.25, -0.2) is 4.98 Å². The lowest BCUT2D eigenvalue weighted by molar-refractivity contribution is 0.0943. The molecule has 4 nitrogen and oxygen atoms in total. The topological polar surface area (TPSA) is 46.9 Å². The van der Waals surface area contributed by atoms with Crippen LogP contribution < -0.4 is 5.32 Å². The number of rotatable bonds is 5. The SMILES string of the molecule is O=C(NCC1CCCCC1)c1ccc2c(c1)ncn2Cc1ccccc1. The molecule has 2 aromatic carbocycles. The molecule has 1 heterocycles. The van der Waals surface area contributed by atoms with Crippen molar-refractivity contribution >= 4 is 16.9 Å². The fourth-order valence-electron chi connectivity index (χ4n) is 3.84. The molecule has 0 unspecified atom stereocenters. The van der Waals surface area contributed by atoms with Crippen LogP contribution in [0.1, 0.15) is 48.0 Å². The number of amides is 1. The van der Waals surface area contributed by atoms with Crippen LogP contribution in [0.4, 0.5) is 0 Å². The molecule has 0 saturated heterocycles. The van der Waals surface area contributed by atoms with Crippen LogP contribution in [0.2, 0.25) is 0 Å². The first-order valence-corrected chi connectivity index (χ1v) is 9.56. The van der Waals surface area contributed by atoms with E-state index in [1.807, 2.05) is 42.7 Å².